The van der Waals surface area contributed by atoms with E-state index in [4.69, 9.17) is 15.1 Å². The van der Waals surface area contributed by atoms with Crippen LogP contribution in [0.5, 0.6) is 5.75 Å². The summed E-state index contributed by atoms with van der Waals surface area (Å²) in [5.74, 6) is -4.21. The quantitative estimate of drug-likeness (QED) is 0.673. The Kier molecular flexibility index (Phi) is 5.68. The van der Waals surface area contributed by atoms with Gasteiger partial charge in [0.2, 0.25) is 0 Å². The Balaban J connectivity index is 2.47. The summed E-state index contributed by atoms with van der Waals surface area (Å²) in [6.07, 6.45) is -3.99. The maximum absolute atomic E-state index is 13.9. The molecular weight excluding hydrogens is 413 g/mol. The fourth-order valence-electron chi connectivity index (χ4n) is 2.70. The lowest BCUT2D eigenvalue weighted by Gasteiger charge is -2.20. The number of aliphatic hydroxyl groups excluding tert-OH is 2. The van der Waals surface area contributed by atoms with E-state index >= 15 is 0 Å². The van der Waals surface area contributed by atoms with Gasteiger partial charge in [0.15, 0.2) is 0 Å². The van der Waals surface area contributed by atoms with E-state index in [-0.39, 0.29) is 18.8 Å². The maximum Gasteiger partial charge on any atom is 0.501 e. The highest BCUT2D eigenvalue weighted by Gasteiger charge is 2.55. The summed E-state index contributed by atoms with van der Waals surface area (Å²) >= 11 is 0. The number of nitriles is 1. The van der Waals surface area contributed by atoms with Crippen LogP contribution in [0.3, 0.4) is 0 Å². The SMILES string of the molecule is CC(C#N)(CO)CCOc1ccc(S(=O)(=O)C(F)(F)F)c2c1CC(F)(F)[C@H]2O. The van der Waals surface area contributed by atoms with E-state index in [1.165, 1.54) is 6.92 Å². The summed E-state index contributed by atoms with van der Waals surface area (Å²) in [5.41, 5.74) is -8.53. The minimum atomic E-state index is -5.98. The molecule has 0 spiro atoms. The summed E-state index contributed by atoms with van der Waals surface area (Å²) in [7, 11) is -5.98. The number of fused-ring (bicyclic) bond motifs is 1. The molecule has 0 amide bonds. The minimum absolute atomic E-state index is 0.0314. The average Bonchev–Trinajstić information content (AvgIpc) is 2.84. The molecule has 1 aliphatic rings. The zero-order valence-corrected chi connectivity index (χ0v) is 15.2. The molecule has 0 heterocycles. The van der Waals surface area contributed by atoms with Crippen molar-refractivity contribution in [1.82, 2.24) is 0 Å². The average molecular weight is 429 g/mol. The van der Waals surface area contributed by atoms with Gasteiger partial charge in [0, 0.05) is 24.0 Å². The largest absolute Gasteiger partial charge is 0.501 e. The predicted octanol–water partition coefficient (Wildman–Crippen LogP) is 2.50. The molecule has 1 unspecified atom stereocenters. The standard InChI is InChI=1S/C16H16F5NO5S/c1-14(7-22,8-23)4-5-27-10-2-3-11(28(25,26)16(19,20)21)12-9(10)6-15(17,18)13(12)24/h2-3,13,23-24H,4-6,8H2,1H3/t13-,14?/m0/s1. The van der Waals surface area contributed by atoms with Crippen LogP contribution < -0.4 is 4.74 Å². The van der Waals surface area contributed by atoms with E-state index in [0.717, 1.165) is 6.07 Å². The van der Waals surface area contributed by atoms with E-state index in [9.17, 15) is 35.5 Å². The molecule has 2 rings (SSSR count). The van der Waals surface area contributed by atoms with Crippen molar-refractivity contribution >= 4 is 9.84 Å². The molecule has 28 heavy (non-hydrogen) atoms. The number of alkyl halides is 5. The first-order valence-electron chi connectivity index (χ1n) is 7.88. The van der Waals surface area contributed by atoms with Gasteiger partial charge in [0.1, 0.15) is 11.9 Å². The highest BCUT2D eigenvalue weighted by Crippen LogP contribution is 2.50. The molecule has 0 aromatic heterocycles. The number of nitrogens with zero attached hydrogens (tertiary/aromatic N) is 1. The van der Waals surface area contributed by atoms with Gasteiger partial charge in [-0.1, -0.05) is 0 Å². The molecule has 2 atom stereocenters. The Morgan fingerprint density at radius 3 is 2.46 bits per heavy atom. The first kappa shape index (κ1) is 22.3. The van der Waals surface area contributed by atoms with Gasteiger partial charge in [-0.15, -0.1) is 0 Å². The van der Waals surface area contributed by atoms with Crippen molar-refractivity contribution in [2.45, 2.75) is 42.2 Å². The Morgan fingerprint density at radius 1 is 1.36 bits per heavy atom. The van der Waals surface area contributed by atoms with Crippen LogP contribution >= 0.6 is 0 Å². The molecule has 0 saturated heterocycles. The Bertz CT molecular complexity index is 909. The van der Waals surface area contributed by atoms with Crippen molar-refractivity contribution in [3.05, 3.63) is 23.3 Å². The second-order valence-corrected chi connectivity index (χ2v) is 8.58. The van der Waals surface area contributed by atoms with Gasteiger partial charge in [-0.25, -0.2) is 17.2 Å². The van der Waals surface area contributed by atoms with Crippen LogP contribution in [0.4, 0.5) is 22.0 Å². The second kappa shape index (κ2) is 7.13. The smallest absolute Gasteiger partial charge is 0.493 e. The maximum atomic E-state index is 13.9. The lowest BCUT2D eigenvalue weighted by molar-refractivity contribution is -0.0978. The van der Waals surface area contributed by atoms with Crippen LogP contribution in [0, 0.1) is 16.7 Å². The van der Waals surface area contributed by atoms with E-state index < -0.39 is 61.8 Å². The zero-order valence-electron chi connectivity index (χ0n) is 14.4. The van der Waals surface area contributed by atoms with Crippen molar-refractivity contribution in [1.29, 1.82) is 5.26 Å². The fraction of sp³-hybridized carbons (Fsp3) is 0.562. The highest BCUT2D eigenvalue weighted by molar-refractivity contribution is 7.92. The molecule has 2 N–H and O–H groups in total. The van der Waals surface area contributed by atoms with Gasteiger partial charge in [0.05, 0.1) is 29.6 Å². The van der Waals surface area contributed by atoms with Crippen LogP contribution in [-0.4, -0.2) is 43.3 Å². The third-order valence-corrected chi connectivity index (χ3v) is 6.03. The summed E-state index contributed by atoms with van der Waals surface area (Å²) in [5, 5.41) is 27.9. The number of ether oxygens (including phenoxy) is 1. The molecule has 6 nitrogen and oxygen atoms in total. The minimum Gasteiger partial charge on any atom is -0.493 e. The van der Waals surface area contributed by atoms with Crippen molar-refractivity contribution in [2.75, 3.05) is 13.2 Å². The third kappa shape index (κ3) is 3.78. The molecule has 0 fully saturated rings. The van der Waals surface area contributed by atoms with Gasteiger partial charge < -0.3 is 14.9 Å². The van der Waals surface area contributed by atoms with Crippen LogP contribution in [-0.2, 0) is 16.3 Å². The first-order valence-corrected chi connectivity index (χ1v) is 9.36. The Labute approximate surface area is 157 Å². The van der Waals surface area contributed by atoms with Crippen LogP contribution in [0.2, 0.25) is 0 Å². The molecule has 12 heteroatoms. The second-order valence-electron chi connectivity index (χ2n) is 6.67. The Morgan fingerprint density at radius 2 is 1.96 bits per heavy atom. The lowest BCUT2D eigenvalue weighted by atomic mass is 9.90. The number of sulfone groups is 1. The van der Waals surface area contributed by atoms with Gasteiger partial charge in [-0.3, -0.25) is 0 Å². The van der Waals surface area contributed by atoms with Crippen molar-refractivity contribution in [3.63, 3.8) is 0 Å². The first-order chi connectivity index (χ1) is 12.7. The van der Waals surface area contributed by atoms with Gasteiger partial charge in [0.25, 0.3) is 15.8 Å². The summed E-state index contributed by atoms with van der Waals surface area (Å²) in [6, 6.07) is 3.09. The van der Waals surface area contributed by atoms with Crippen molar-refractivity contribution in [3.8, 4) is 11.8 Å². The number of hydrogen-bond acceptors (Lipinski definition) is 6. The van der Waals surface area contributed by atoms with E-state index in [1.54, 1.807) is 0 Å². The predicted molar refractivity (Wildman–Crippen MR) is 84.2 cm³/mol. The summed E-state index contributed by atoms with van der Waals surface area (Å²) < 4.78 is 95.2. The molecule has 0 bridgehead atoms. The lowest BCUT2D eigenvalue weighted by Crippen LogP contribution is -2.26. The molecule has 0 aliphatic heterocycles. The summed E-state index contributed by atoms with van der Waals surface area (Å²) in [6.45, 7) is 0.645. The van der Waals surface area contributed by atoms with E-state index in [1.807, 2.05) is 6.07 Å². The number of halogens is 5. The fourth-order valence-corrected chi connectivity index (χ4v) is 3.72. The van der Waals surface area contributed by atoms with E-state index in [0.29, 0.717) is 6.07 Å². The van der Waals surface area contributed by atoms with Crippen LogP contribution in [0.25, 0.3) is 0 Å². The molecule has 0 radical (unpaired) electrons. The number of rotatable bonds is 6. The monoisotopic (exact) mass is 429 g/mol. The molecule has 1 aromatic carbocycles. The number of benzene rings is 1. The molecule has 1 aromatic rings. The number of hydrogen-bond donors (Lipinski definition) is 2. The van der Waals surface area contributed by atoms with Crippen LogP contribution in [0.15, 0.2) is 17.0 Å². The molecular formula is C16H16F5NO5S. The Hall–Kier alpha value is -1.97. The molecule has 156 valence electrons. The normalized spacial score (nSPS) is 20.9. The summed E-state index contributed by atoms with van der Waals surface area (Å²) in [4.78, 5) is -1.45. The van der Waals surface area contributed by atoms with E-state index in [2.05, 4.69) is 0 Å². The van der Waals surface area contributed by atoms with Gasteiger partial charge in [-0.2, -0.15) is 18.4 Å². The topological polar surface area (TPSA) is 108 Å². The number of aliphatic hydroxyl groups is 2. The molecule has 0 saturated carbocycles. The zero-order chi connectivity index (χ0) is 21.5. The van der Waals surface area contributed by atoms with Crippen molar-refractivity contribution in [2.24, 2.45) is 5.41 Å². The van der Waals surface area contributed by atoms with Gasteiger partial charge in [-0.05, 0) is 19.1 Å². The molecule has 1 aliphatic carbocycles. The van der Waals surface area contributed by atoms with Crippen LogP contribution in [0.1, 0.15) is 30.6 Å². The highest BCUT2D eigenvalue weighted by atomic mass is 32.2. The van der Waals surface area contributed by atoms with Gasteiger partial charge >= 0.3 is 5.51 Å². The van der Waals surface area contributed by atoms with Crippen molar-refractivity contribution < 1.29 is 45.3 Å². The third-order valence-electron chi connectivity index (χ3n) is 4.48.